The summed E-state index contributed by atoms with van der Waals surface area (Å²) in [5, 5.41) is 7.15. The molecule has 0 atom stereocenters. The lowest BCUT2D eigenvalue weighted by Crippen LogP contribution is -2.50. The van der Waals surface area contributed by atoms with E-state index < -0.39 is 0 Å². The molecule has 1 aromatic rings. The van der Waals surface area contributed by atoms with Crippen LogP contribution < -0.4 is 10.6 Å². The number of halogens is 2. The van der Waals surface area contributed by atoms with Gasteiger partial charge in [-0.15, -0.1) is 24.8 Å². The summed E-state index contributed by atoms with van der Waals surface area (Å²) in [5.74, 6) is 0.291. The fourth-order valence-electron chi connectivity index (χ4n) is 3.51. The van der Waals surface area contributed by atoms with E-state index in [1.807, 2.05) is 4.90 Å². The van der Waals surface area contributed by atoms with E-state index in [2.05, 4.69) is 41.8 Å². The summed E-state index contributed by atoms with van der Waals surface area (Å²) in [6, 6.07) is 8.51. The summed E-state index contributed by atoms with van der Waals surface area (Å²) in [6.45, 7) is 5.66. The highest BCUT2D eigenvalue weighted by atomic mass is 35.5. The molecule has 23 heavy (non-hydrogen) atoms. The van der Waals surface area contributed by atoms with E-state index in [9.17, 15) is 4.79 Å². The van der Waals surface area contributed by atoms with Crippen molar-refractivity contribution < 1.29 is 4.79 Å². The van der Waals surface area contributed by atoms with Gasteiger partial charge in [-0.1, -0.05) is 18.2 Å². The molecule has 2 heterocycles. The second-order valence-corrected chi connectivity index (χ2v) is 6.21. The minimum Gasteiger partial charge on any atom is -0.379 e. The average molecular weight is 360 g/mol. The van der Waals surface area contributed by atoms with Crippen molar-refractivity contribution in [2.75, 3.05) is 31.5 Å². The van der Waals surface area contributed by atoms with Gasteiger partial charge in [-0.25, -0.2) is 0 Å². The number of amides is 1. The largest absolute Gasteiger partial charge is 0.379 e. The molecule has 0 bridgehead atoms. The van der Waals surface area contributed by atoms with Crippen LogP contribution in [-0.4, -0.2) is 42.5 Å². The maximum absolute atomic E-state index is 12.6. The van der Waals surface area contributed by atoms with Gasteiger partial charge in [0.15, 0.2) is 0 Å². The lowest BCUT2D eigenvalue weighted by Gasteiger charge is -2.39. The summed E-state index contributed by atoms with van der Waals surface area (Å²) in [6.07, 6.45) is 3.54. The maximum atomic E-state index is 12.6. The molecule has 1 amide bonds. The van der Waals surface area contributed by atoms with Gasteiger partial charge in [0, 0.05) is 30.7 Å². The fraction of sp³-hybridized carbons (Fsp3) is 0.588. The van der Waals surface area contributed by atoms with E-state index in [1.54, 1.807) is 0 Å². The first kappa shape index (κ1) is 20.1. The molecule has 2 N–H and O–H groups in total. The molecule has 1 aromatic carbocycles. The molecule has 130 valence electrons. The second-order valence-electron chi connectivity index (χ2n) is 6.21. The predicted molar refractivity (Wildman–Crippen MR) is 100.0 cm³/mol. The van der Waals surface area contributed by atoms with Crippen molar-refractivity contribution in [3.05, 3.63) is 29.8 Å². The van der Waals surface area contributed by atoms with E-state index in [-0.39, 0.29) is 30.4 Å². The fourth-order valence-corrected chi connectivity index (χ4v) is 3.51. The van der Waals surface area contributed by atoms with Crippen LogP contribution in [0.1, 0.15) is 31.7 Å². The van der Waals surface area contributed by atoms with Crippen LogP contribution in [0.3, 0.4) is 0 Å². The quantitative estimate of drug-likeness (QED) is 0.810. The Morgan fingerprint density at radius 3 is 2.57 bits per heavy atom. The number of hydrogen-bond donors (Lipinski definition) is 2. The Morgan fingerprint density at radius 1 is 1.17 bits per heavy atom. The van der Waals surface area contributed by atoms with E-state index in [0.717, 1.165) is 45.4 Å². The van der Waals surface area contributed by atoms with Gasteiger partial charge < -0.3 is 15.5 Å². The first-order valence-corrected chi connectivity index (χ1v) is 8.07. The first-order valence-electron chi connectivity index (χ1n) is 8.07. The van der Waals surface area contributed by atoms with Crippen LogP contribution in [0.4, 0.5) is 5.69 Å². The highest BCUT2D eigenvalue weighted by Crippen LogP contribution is 2.31. The number of carbonyl (C=O) groups is 1. The molecule has 1 saturated heterocycles. The van der Waals surface area contributed by atoms with Crippen molar-refractivity contribution in [1.29, 1.82) is 0 Å². The number of rotatable bonds is 1. The van der Waals surface area contributed by atoms with Crippen molar-refractivity contribution in [1.82, 2.24) is 10.2 Å². The molecule has 3 rings (SSSR count). The van der Waals surface area contributed by atoms with Crippen LogP contribution in [-0.2, 0) is 11.2 Å². The Morgan fingerprint density at radius 2 is 1.87 bits per heavy atom. The molecule has 2 aliphatic rings. The number of para-hydroxylation sites is 1. The zero-order valence-electron chi connectivity index (χ0n) is 13.6. The first-order chi connectivity index (χ1) is 10.2. The number of hydrogen-bond acceptors (Lipinski definition) is 3. The van der Waals surface area contributed by atoms with Crippen molar-refractivity contribution >= 4 is 36.4 Å². The second kappa shape index (κ2) is 8.76. The number of piperidine rings is 1. The van der Waals surface area contributed by atoms with Gasteiger partial charge in [0.05, 0.1) is 0 Å². The van der Waals surface area contributed by atoms with Crippen LogP contribution in [0.25, 0.3) is 0 Å². The molecule has 0 aliphatic carbocycles. The highest BCUT2D eigenvalue weighted by molar-refractivity contribution is 5.85. The minimum atomic E-state index is -0.0871. The molecule has 6 heteroatoms. The highest BCUT2D eigenvalue weighted by Gasteiger charge is 2.36. The third kappa shape index (κ3) is 4.52. The molecule has 0 radical (unpaired) electrons. The third-order valence-electron chi connectivity index (χ3n) is 4.85. The summed E-state index contributed by atoms with van der Waals surface area (Å²) >= 11 is 0. The monoisotopic (exact) mass is 359 g/mol. The summed E-state index contributed by atoms with van der Waals surface area (Å²) in [7, 11) is 0. The van der Waals surface area contributed by atoms with Gasteiger partial charge in [0.1, 0.15) is 0 Å². The normalized spacial score (nSPS) is 20.0. The summed E-state index contributed by atoms with van der Waals surface area (Å²) < 4.78 is 0. The van der Waals surface area contributed by atoms with Crippen molar-refractivity contribution in [2.24, 2.45) is 0 Å². The van der Waals surface area contributed by atoms with Gasteiger partial charge in [0.25, 0.3) is 0 Å². The number of anilines is 1. The Kier molecular flexibility index (Phi) is 7.65. The van der Waals surface area contributed by atoms with Gasteiger partial charge in [0.2, 0.25) is 5.91 Å². The zero-order chi connectivity index (χ0) is 14.7. The third-order valence-corrected chi connectivity index (χ3v) is 4.85. The predicted octanol–water partition coefficient (Wildman–Crippen LogP) is 2.86. The van der Waals surface area contributed by atoms with Crippen LogP contribution in [0, 0.1) is 0 Å². The van der Waals surface area contributed by atoms with Crippen molar-refractivity contribution in [3.63, 3.8) is 0 Å². The topological polar surface area (TPSA) is 44.4 Å². The number of nitrogens with one attached hydrogen (secondary N) is 2. The molecule has 0 unspecified atom stereocenters. The number of likely N-dealkylation sites (N-methyl/N-ethyl adjacent to an activating group) is 1. The van der Waals surface area contributed by atoms with Crippen LogP contribution in [0.5, 0.6) is 0 Å². The maximum Gasteiger partial charge on any atom is 0.224 e. The van der Waals surface area contributed by atoms with E-state index in [1.165, 1.54) is 11.3 Å². The number of fused-ring (bicyclic) bond motifs is 1. The smallest absolute Gasteiger partial charge is 0.224 e. The Bertz CT molecular complexity index is 518. The van der Waals surface area contributed by atoms with E-state index >= 15 is 0 Å². The lowest BCUT2D eigenvalue weighted by molar-refractivity contribution is -0.132. The molecule has 0 saturated carbocycles. The van der Waals surface area contributed by atoms with Crippen LogP contribution in [0.2, 0.25) is 0 Å². The lowest BCUT2D eigenvalue weighted by atomic mass is 9.84. The molecule has 2 aliphatic heterocycles. The molecule has 0 aromatic heterocycles. The Labute approximate surface area is 151 Å². The molecule has 1 fully saturated rings. The Balaban J connectivity index is 0.00000132. The van der Waals surface area contributed by atoms with Gasteiger partial charge in [-0.05, 0) is 50.9 Å². The Hall–Kier alpha value is -0.970. The number of carbonyl (C=O) groups excluding carboxylic acids is 1. The molecular formula is C17H27Cl2N3O. The van der Waals surface area contributed by atoms with E-state index in [0.29, 0.717) is 12.3 Å². The van der Waals surface area contributed by atoms with Crippen LogP contribution in [0.15, 0.2) is 24.3 Å². The van der Waals surface area contributed by atoms with Crippen molar-refractivity contribution in [2.45, 2.75) is 38.1 Å². The zero-order valence-corrected chi connectivity index (χ0v) is 15.3. The molecular weight excluding hydrogens is 333 g/mol. The standard InChI is InChI=1S/C17H25N3O.2ClH/c1-2-20-12-7-14-5-3-4-6-15(14)19-17(13-16(20)21)8-10-18-11-9-17;;/h3-6,18-19H,2,7-13H2,1H3;2*1H. The summed E-state index contributed by atoms with van der Waals surface area (Å²) in [5.41, 5.74) is 2.45. The number of nitrogens with zero attached hydrogens (tertiary/aromatic N) is 1. The van der Waals surface area contributed by atoms with E-state index in [4.69, 9.17) is 0 Å². The summed E-state index contributed by atoms with van der Waals surface area (Å²) in [4.78, 5) is 14.6. The minimum absolute atomic E-state index is 0. The number of benzene rings is 1. The molecule has 1 spiro atoms. The molecule has 4 nitrogen and oxygen atoms in total. The SMILES string of the molecule is CCN1CCc2ccccc2NC2(CCNCC2)CC1=O.Cl.Cl. The van der Waals surface area contributed by atoms with Crippen LogP contribution >= 0.6 is 24.8 Å². The van der Waals surface area contributed by atoms with Crippen molar-refractivity contribution in [3.8, 4) is 0 Å². The van der Waals surface area contributed by atoms with Gasteiger partial charge in [-0.2, -0.15) is 0 Å². The average Bonchev–Trinajstić information content (AvgIpc) is 2.54. The van der Waals surface area contributed by atoms with Gasteiger partial charge >= 0.3 is 0 Å². The van der Waals surface area contributed by atoms with Gasteiger partial charge in [-0.3, -0.25) is 4.79 Å².